The summed E-state index contributed by atoms with van der Waals surface area (Å²) >= 11 is 0. The number of sulfone groups is 1. The summed E-state index contributed by atoms with van der Waals surface area (Å²) < 4.78 is 22.6. The largest absolute Gasteiger partial charge is 0.310 e. The average Bonchev–Trinajstić information content (AvgIpc) is 2.66. The second-order valence-corrected chi connectivity index (χ2v) is 7.34. The molecule has 4 atom stereocenters. The summed E-state index contributed by atoms with van der Waals surface area (Å²) in [5.41, 5.74) is 0. The predicted octanol–water partition coefficient (Wildman–Crippen LogP) is 0.728. The molecule has 0 aromatic rings. The number of allylic oxidation sites excluding steroid dienone is 1. The molecule has 0 aromatic heterocycles. The van der Waals surface area contributed by atoms with Gasteiger partial charge in [-0.05, 0) is 31.1 Å². The van der Waals surface area contributed by atoms with E-state index in [1.54, 1.807) is 0 Å². The number of nitrogens with one attached hydrogen (secondary N) is 1. The van der Waals surface area contributed by atoms with E-state index in [2.05, 4.69) is 17.5 Å². The molecule has 1 heterocycles. The van der Waals surface area contributed by atoms with Crippen LogP contribution in [0.25, 0.3) is 0 Å². The Labute approximate surface area is 90.9 Å². The van der Waals surface area contributed by atoms with E-state index < -0.39 is 9.84 Å². The van der Waals surface area contributed by atoms with Gasteiger partial charge in [0.25, 0.3) is 0 Å². The van der Waals surface area contributed by atoms with E-state index in [9.17, 15) is 8.42 Å². The van der Waals surface area contributed by atoms with Crippen molar-refractivity contribution >= 4 is 9.84 Å². The van der Waals surface area contributed by atoms with Gasteiger partial charge in [0.05, 0.1) is 11.5 Å². The molecule has 0 bridgehead atoms. The van der Waals surface area contributed by atoms with Crippen LogP contribution in [0.5, 0.6) is 0 Å². The van der Waals surface area contributed by atoms with Crippen molar-refractivity contribution in [3.05, 3.63) is 12.2 Å². The Hall–Kier alpha value is -0.350. The van der Waals surface area contributed by atoms with Crippen LogP contribution in [-0.2, 0) is 9.84 Å². The minimum atomic E-state index is -2.73. The zero-order valence-electron chi connectivity index (χ0n) is 8.72. The van der Waals surface area contributed by atoms with E-state index >= 15 is 0 Å². The van der Waals surface area contributed by atoms with Crippen LogP contribution in [-0.4, -0.2) is 32.0 Å². The quantitative estimate of drug-likeness (QED) is 0.707. The van der Waals surface area contributed by atoms with E-state index in [1.807, 2.05) is 0 Å². The maximum atomic E-state index is 11.3. The Morgan fingerprint density at radius 2 is 2.20 bits per heavy atom. The average molecular weight is 227 g/mol. The smallest absolute Gasteiger partial charge is 0.151 e. The normalized spacial score (nSPS) is 46.4. The van der Waals surface area contributed by atoms with E-state index in [0.29, 0.717) is 23.5 Å². The van der Waals surface area contributed by atoms with Gasteiger partial charge in [-0.2, -0.15) is 0 Å². The predicted molar refractivity (Wildman–Crippen MR) is 59.3 cm³/mol. The van der Waals surface area contributed by atoms with Crippen LogP contribution < -0.4 is 5.32 Å². The summed E-state index contributed by atoms with van der Waals surface area (Å²) in [6.45, 7) is 0. The van der Waals surface area contributed by atoms with Crippen LogP contribution >= 0.6 is 0 Å². The Bertz CT molecular complexity index is 387. The molecular weight excluding hydrogens is 210 g/mol. The molecule has 0 spiro atoms. The third kappa shape index (κ3) is 1.74. The first-order valence-electron chi connectivity index (χ1n) is 5.77. The van der Waals surface area contributed by atoms with Crippen molar-refractivity contribution in [2.45, 2.75) is 31.3 Å². The lowest BCUT2D eigenvalue weighted by molar-refractivity contribution is 0.153. The molecule has 15 heavy (non-hydrogen) atoms. The van der Waals surface area contributed by atoms with E-state index in [0.717, 1.165) is 12.3 Å². The molecule has 3 aliphatic rings. The first-order chi connectivity index (χ1) is 7.14. The molecule has 2 fully saturated rings. The van der Waals surface area contributed by atoms with Crippen LogP contribution in [0.15, 0.2) is 12.2 Å². The standard InChI is InChI=1S/C11H17NO2S/c13-15(14)5-4-9(7-15)12-11-6-8-2-1-3-10(8)11/h1,3,8-12H,2,4-7H2. The molecule has 1 saturated heterocycles. The summed E-state index contributed by atoms with van der Waals surface area (Å²) in [5, 5.41) is 3.51. The van der Waals surface area contributed by atoms with Gasteiger partial charge in [0.1, 0.15) is 0 Å². The van der Waals surface area contributed by atoms with Gasteiger partial charge in [-0.1, -0.05) is 12.2 Å². The fraction of sp³-hybridized carbons (Fsp3) is 0.818. The van der Waals surface area contributed by atoms with Gasteiger partial charge >= 0.3 is 0 Å². The van der Waals surface area contributed by atoms with Crippen molar-refractivity contribution in [3.8, 4) is 0 Å². The second kappa shape index (κ2) is 3.32. The van der Waals surface area contributed by atoms with Gasteiger partial charge in [-0.25, -0.2) is 8.42 Å². The van der Waals surface area contributed by atoms with Gasteiger partial charge in [-0.15, -0.1) is 0 Å². The van der Waals surface area contributed by atoms with Crippen molar-refractivity contribution < 1.29 is 8.42 Å². The summed E-state index contributed by atoms with van der Waals surface area (Å²) in [6, 6.07) is 0.766. The van der Waals surface area contributed by atoms with E-state index in [4.69, 9.17) is 0 Å². The number of hydrogen-bond acceptors (Lipinski definition) is 3. The molecule has 0 aromatic carbocycles. The van der Waals surface area contributed by atoms with Crippen molar-refractivity contribution in [2.75, 3.05) is 11.5 Å². The molecule has 3 rings (SSSR count). The molecule has 84 valence electrons. The third-order valence-electron chi connectivity index (χ3n) is 4.04. The van der Waals surface area contributed by atoms with Gasteiger partial charge in [0.15, 0.2) is 9.84 Å². The van der Waals surface area contributed by atoms with Gasteiger partial charge in [0, 0.05) is 12.1 Å². The summed E-state index contributed by atoms with van der Waals surface area (Å²) in [7, 11) is -2.73. The lowest BCUT2D eigenvalue weighted by Crippen LogP contribution is -2.52. The fourth-order valence-electron chi connectivity index (χ4n) is 3.14. The fourth-order valence-corrected chi connectivity index (χ4v) is 4.82. The van der Waals surface area contributed by atoms with Crippen LogP contribution in [0.4, 0.5) is 0 Å². The highest BCUT2D eigenvalue weighted by atomic mass is 32.2. The van der Waals surface area contributed by atoms with E-state index in [-0.39, 0.29) is 6.04 Å². The molecule has 3 nitrogen and oxygen atoms in total. The summed E-state index contributed by atoms with van der Waals surface area (Å²) in [4.78, 5) is 0. The Morgan fingerprint density at radius 3 is 2.87 bits per heavy atom. The van der Waals surface area contributed by atoms with Crippen molar-refractivity contribution in [1.29, 1.82) is 0 Å². The maximum Gasteiger partial charge on any atom is 0.151 e. The van der Waals surface area contributed by atoms with Gasteiger partial charge < -0.3 is 5.32 Å². The summed E-state index contributed by atoms with van der Waals surface area (Å²) in [6.07, 6.45) is 7.83. The summed E-state index contributed by atoms with van der Waals surface area (Å²) in [5.74, 6) is 2.26. The SMILES string of the molecule is O=S1(=O)CCC(NC2CC3CC=CC32)C1. The highest BCUT2D eigenvalue weighted by molar-refractivity contribution is 7.91. The van der Waals surface area contributed by atoms with E-state index in [1.165, 1.54) is 12.8 Å². The molecule has 4 heteroatoms. The number of rotatable bonds is 2. The lowest BCUT2D eigenvalue weighted by atomic mass is 9.71. The van der Waals surface area contributed by atoms with Crippen LogP contribution in [0, 0.1) is 11.8 Å². The molecule has 0 radical (unpaired) electrons. The lowest BCUT2D eigenvalue weighted by Gasteiger charge is -2.42. The molecule has 0 amide bonds. The first-order valence-corrected chi connectivity index (χ1v) is 7.59. The van der Waals surface area contributed by atoms with Crippen molar-refractivity contribution in [1.82, 2.24) is 5.32 Å². The Morgan fingerprint density at radius 1 is 1.33 bits per heavy atom. The monoisotopic (exact) mass is 227 g/mol. The zero-order chi connectivity index (χ0) is 10.5. The minimum absolute atomic E-state index is 0.218. The highest BCUT2D eigenvalue weighted by Gasteiger charge is 2.42. The third-order valence-corrected chi connectivity index (χ3v) is 5.81. The van der Waals surface area contributed by atoms with Crippen LogP contribution in [0.2, 0.25) is 0 Å². The minimum Gasteiger partial charge on any atom is -0.310 e. The Balaban J connectivity index is 1.57. The van der Waals surface area contributed by atoms with Gasteiger partial charge in [-0.3, -0.25) is 0 Å². The molecule has 1 N–H and O–H groups in total. The van der Waals surface area contributed by atoms with Crippen molar-refractivity contribution in [3.63, 3.8) is 0 Å². The second-order valence-electron chi connectivity index (χ2n) is 5.11. The molecule has 4 unspecified atom stereocenters. The number of hydrogen-bond donors (Lipinski definition) is 1. The van der Waals surface area contributed by atoms with Crippen LogP contribution in [0.3, 0.4) is 0 Å². The number of fused-ring (bicyclic) bond motifs is 1. The molecule has 2 aliphatic carbocycles. The molecule has 1 aliphatic heterocycles. The molecular formula is C11H17NO2S. The zero-order valence-corrected chi connectivity index (χ0v) is 9.54. The Kier molecular flexibility index (Phi) is 2.18. The first kappa shape index (κ1) is 9.85. The molecule has 1 saturated carbocycles. The topological polar surface area (TPSA) is 46.2 Å². The maximum absolute atomic E-state index is 11.3. The van der Waals surface area contributed by atoms with Crippen molar-refractivity contribution in [2.24, 2.45) is 11.8 Å². The van der Waals surface area contributed by atoms with Crippen LogP contribution in [0.1, 0.15) is 19.3 Å². The highest BCUT2D eigenvalue weighted by Crippen LogP contribution is 2.43. The van der Waals surface area contributed by atoms with Gasteiger partial charge in [0.2, 0.25) is 0 Å².